The van der Waals surface area contributed by atoms with E-state index in [0.29, 0.717) is 0 Å². The summed E-state index contributed by atoms with van der Waals surface area (Å²) in [5.41, 5.74) is 0. The molecule has 1 aromatic heterocycles. The molecule has 88 valence electrons. The Balaban J connectivity index is 2.23. The summed E-state index contributed by atoms with van der Waals surface area (Å²) in [5, 5.41) is 3.13. The highest BCUT2D eigenvalue weighted by Gasteiger charge is 2.27. The number of hydrogen-bond acceptors (Lipinski definition) is 3. The van der Waals surface area contributed by atoms with E-state index in [9.17, 15) is 8.78 Å². The Bertz CT molecular complexity index is 366. The normalized spacial score (nSPS) is 15.9. The first kappa shape index (κ1) is 11.3. The molecule has 0 bridgehead atoms. The molecule has 0 aromatic carbocycles. The smallest absolute Gasteiger partial charge is 0.168 e. The molecule has 1 aromatic rings. The first-order valence-corrected chi connectivity index (χ1v) is 5.50. The number of nitrogens with zero attached hydrogens (tertiary/aromatic N) is 2. The molecule has 2 heterocycles. The van der Waals surface area contributed by atoms with Gasteiger partial charge in [0.2, 0.25) is 0 Å². The second kappa shape index (κ2) is 4.74. The van der Waals surface area contributed by atoms with Gasteiger partial charge in [-0.25, -0.2) is 13.8 Å². The number of nitrogens with one attached hydrogen (secondary N) is 1. The highest BCUT2D eigenvalue weighted by atomic mass is 19.1. The van der Waals surface area contributed by atoms with Gasteiger partial charge in [0.1, 0.15) is 5.82 Å². The number of rotatable bonds is 4. The van der Waals surface area contributed by atoms with Crippen molar-refractivity contribution < 1.29 is 8.78 Å². The SMILES string of the molecule is CCCN(c1ncc(F)cc1F)C1CNC1. The first-order chi connectivity index (χ1) is 7.72. The van der Waals surface area contributed by atoms with Gasteiger partial charge in [0.15, 0.2) is 11.6 Å². The maximum Gasteiger partial charge on any atom is 0.168 e. The Morgan fingerprint density at radius 1 is 1.50 bits per heavy atom. The van der Waals surface area contributed by atoms with Crippen LogP contribution in [-0.2, 0) is 0 Å². The Morgan fingerprint density at radius 3 is 2.75 bits per heavy atom. The van der Waals surface area contributed by atoms with E-state index in [1.165, 1.54) is 0 Å². The Kier molecular flexibility index (Phi) is 3.33. The summed E-state index contributed by atoms with van der Waals surface area (Å²) in [6.07, 6.45) is 1.97. The van der Waals surface area contributed by atoms with Crippen molar-refractivity contribution in [3.63, 3.8) is 0 Å². The minimum Gasteiger partial charge on any atom is -0.349 e. The van der Waals surface area contributed by atoms with Crippen LogP contribution >= 0.6 is 0 Å². The molecule has 0 spiro atoms. The lowest BCUT2D eigenvalue weighted by Crippen LogP contribution is -2.58. The zero-order chi connectivity index (χ0) is 11.5. The third kappa shape index (κ3) is 2.14. The van der Waals surface area contributed by atoms with Gasteiger partial charge in [0.05, 0.1) is 12.2 Å². The Morgan fingerprint density at radius 2 is 2.25 bits per heavy atom. The second-order valence-electron chi connectivity index (χ2n) is 3.96. The van der Waals surface area contributed by atoms with E-state index in [1.54, 1.807) is 0 Å². The lowest BCUT2D eigenvalue weighted by molar-refractivity contribution is 0.405. The average molecular weight is 227 g/mol. The van der Waals surface area contributed by atoms with Crippen molar-refractivity contribution in [2.75, 3.05) is 24.5 Å². The van der Waals surface area contributed by atoms with Crippen LogP contribution in [0.1, 0.15) is 13.3 Å². The molecule has 0 radical (unpaired) electrons. The lowest BCUT2D eigenvalue weighted by atomic mass is 10.1. The summed E-state index contributed by atoms with van der Waals surface area (Å²) in [6.45, 7) is 4.43. The summed E-state index contributed by atoms with van der Waals surface area (Å²) in [6, 6.07) is 1.16. The van der Waals surface area contributed by atoms with Crippen LogP contribution in [0.3, 0.4) is 0 Å². The Hall–Kier alpha value is -1.23. The average Bonchev–Trinajstić information content (AvgIpc) is 2.14. The van der Waals surface area contributed by atoms with Crippen LogP contribution in [0.15, 0.2) is 12.3 Å². The van der Waals surface area contributed by atoms with E-state index in [4.69, 9.17) is 0 Å². The minimum atomic E-state index is -0.635. The van der Waals surface area contributed by atoms with E-state index < -0.39 is 11.6 Å². The van der Waals surface area contributed by atoms with Crippen LogP contribution in [0.5, 0.6) is 0 Å². The Labute approximate surface area is 93.5 Å². The molecule has 1 aliphatic heterocycles. The van der Waals surface area contributed by atoms with E-state index >= 15 is 0 Å². The van der Waals surface area contributed by atoms with E-state index in [1.807, 2.05) is 11.8 Å². The van der Waals surface area contributed by atoms with Crippen LogP contribution in [0.2, 0.25) is 0 Å². The van der Waals surface area contributed by atoms with Gasteiger partial charge in [-0.15, -0.1) is 0 Å². The molecule has 0 unspecified atom stereocenters. The molecule has 1 aliphatic rings. The number of hydrogen-bond donors (Lipinski definition) is 1. The van der Waals surface area contributed by atoms with Crippen molar-refractivity contribution in [1.29, 1.82) is 0 Å². The van der Waals surface area contributed by atoms with Crippen molar-refractivity contribution in [2.45, 2.75) is 19.4 Å². The molecule has 0 aliphatic carbocycles. The van der Waals surface area contributed by atoms with Crippen LogP contribution in [0.25, 0.3) is 0 Å². The van der Waals surface area contributed by atoms with Crippen molar-refractivity contribution >= 4 is 5.82 Å². The maximum atomic E-state index is 13.6. The number of anilines is 1. The zero-order valence-electron chi connectivity index (χ0n) is 9.21. The maximum absolute atomic E-state index is 13.6. The second-order valence-corrected chi connectivity index (χ2v) is 3.96. The van der Waals surface area contributed by atoms with Gasteiger partial charge in [-0.1, -0.05) is 6.92 Å². The monoisotopic (exact) mass is 227 g/mol. The van der Waals surface area contributed by atoms with E-state index in [0.717, 1.165) is 38.3 Å². The molecule has 0 atom stereocenters. The predicted molar refractivity (Wildman–Crippen MR) is 58.4 cm³/mol. The number of aromatic nitrogens is 1. The summed E-state index contributed by atoms with van der Waals surface area (Å²) < 4.78 is 26.3. The van der Waals surface area contributed by atoms with Crippen LogP contribution < -0.4 is 10.2 Å². The standard InChI is InChI=1S/C11H15F2N3/c1-2-3-16(9-6-14-7-9)11-10(13)4-8(12)5-15-11/h4-5,9,14H,2-3,6-7H2,1H3. The minimum absolute atomic E-state index is 0.259. The van der Waals surface area contributed by atoms with Gasteiger partial charge < -0.3 is 10.2 Å². The highest BCUT2D eigenvalue weighted by molar-refractivity contribution is 5.42. The summed E-state index contributed by atoms with van der Waals surface area (Å²) in [4.78, 5) is 5.76. The molecule has 1 N–H and O–H groups in total. The van der Waals surface area contributed by atoms with Gasteiger partial charge in [-0.2, -0.15) is 0 Å². The number of pyridine rings is 1. The van der Waals surface area contributed by atoms with Gasteiger partial charge in [-0.3, -0.25) is 0 Å². The topological polar surface area (TPSA) is 28.2 Å². The molecule has 2 rings (SSSR count). The van der Waals surface area contributed by atoms with Crippen LogP contribution in [0, 0.1) is 11.6 Å². The largest absolute Gasteiger partial charge is 0.349 e. The van der Waals surface area contributed by atoms with E-state index in [2.05, 4.69) is 10.3 Å². The quantitative estimate of drug-likeness (QED) is 0.845. The molecule has 0 saturated carbocycles. The van der Waals surface area contributed by atoms with Crippen molar-refractivity contribution in [3.05, 3.63) is 23.9 Å². The van der Waals surface area contributed by atoms with E-state index in [-0.39, 0.29) is 11.9 Å². The van der Waals surface area contributed by atoms with Crippen molar-refractivity contribution in [2.24, 2.45) is 0 Å². The third-order valence-corrected chi connectivity index (χ3v) is 2.73. The zero-order valence-corrected chi connectivity index (χ0v) is 9.21. The fourth-order valence-corrected chi connectivity index (χ4v) is 1.81. The molecule has 16 heavy (non-hydrogen) atoms. The van der Waals surface area contributed by atoms with Crippen LogP contribution in [-0.4, -0.2) is 30.7 Å². The highest BCUT2D eigenvalue weighted by Crippen LogP contribution is 2.21. The van der Waals surface area contributed by atoms with Crippen molar-refractivity contribution in [1.82, 2.24) is 10.3 Å². The molecular formula is C11H15F2N3. The summed E-state index contributed by atoms with van der Waals surface area (Å²) in [7, 11) is 0. The van der Waals surface area contributed by atoms with Gasteiger partial charge >= 0.3 is 0 Å². The molecule has 0 amide bonds. The predicted octanol–water partition coefficient (Wildman–Crippen LogP) is 1.55. The van der Waals surface area contributed by atoms with Crippen LogP contribution in [0.4, 0.5) is 14.6 Å². The molecular weight excluding hydrogens is 212 g/mol. The molecule has 1 saturated heterocycles. The van der Waals surface area contributed by atoms with Gasteiger partial charge in [0, 0.05) is 25.7 Å². The first-order valence-electron chi connectivity index (χ1n) is 5.50. The van der Waals surface area contributed by atoms with Gasteiger partial charge in [-0.05, 0) is 6.42 Å². The molecule has 3 nitrogen and oxygen atoms in total. The third-order valence-electron chi connectivity index (χ3n) is 2.73. The van der Waals surface area contributed by atoms with Gasteiger partial charge in [0.25, 0.3) is 0 Å². The van der Waals surface area contributed by atoms with Crippen molar-refractivity contribution in [3.8, 4) is 0 Å². The summed E-state index contributed by atoms with van der Waals surface area (Å²) >= 11 is 0. The fourth-order valence-electron chi connectivity index (χ4n) is 1.81. The molecule has 5 heteroatoms. The molecule has 1 fully saturated rings. The fraction of sp³-hybridized carbons (Fsp3) is 0.545. The lowest BCUT2D eigenvalue weighted by Gasteiger charge is -2.39. The summed E-state index contributed by atoms with van der Waals surface area (Å²) in [5.74, 6) is -0.959. The number of halogens is 2.